The molecule has 0 radical (unpaired) electrons. The minimum absolute atomic E-state index is 0.0913. The Morgan fingerprint density at radius 1 is 0.500 bits per heavy atom. The predicted molar refractivity (Wildman–Crippen MR) is 264 cm³/mol. The molecule has 310 valence electrons. The third-order valence-electron chi connectivity index (χ3n) is 12.0. The number of ether oxygens (including phenoxy) is 2. The molecular formula is C58H46N4O2. The van der Waals surface area contributed by atoms with Gasteiger partial charge in [-0.25, -0.2) is 4.98 Å². The van der Waals surface area contributed by atoms with Crippen molar-refractivity contribution in [2.45, 2.75) is 33.0 Å². The van der Waals surface area contributed by atoms with Crippen molar-refractivity contribution in [2.75, 3.05) is 10.6 Å². The zero-order valence-electron chi connectivity index (χ0n) is 38.7. The molecule has 0 saturated carbocycles. The van der Waals surface area contributed by atoms with Crippen molar-refractivity contribution in [3.05, 3.63) is 205 Å². The van der Waals surface area contributed by atoms with Gasteiger partial charge in [-0.1, -0.05) is 118 Å². The molecule has 10 bridgehead atoms. The van der Waals surface area contributed by atoms with Gasteiger partial charge in [0.1, 0.15) is 28.8 Å². The van der Waals surface area contributed by atoms with E-state index in [1.54, 1.807) is 12.3 Å². The number of aromatic nitrogens is 2. The molecule has 8 aromatic carbocycles. The fourth-order valence-electron chi connectivity index (χ4n) is 8.67. The lowest BCUT2D eigenvalue weighted by Crippen LogP contribution is -2.10. The average Bonchev–Trinajstić information content (AvgIpc) is 3.65. The van der Waals surface area contributed by atoms with Crippen molar-refractivity contribution in [1.29, 1.82) is 0 Å². The van der Waals surface area contributed by atoms with Gasteiger partial charge in [-0.2, -0.15) is 0 Å². The Balaban J connectivity index is 1.09. The fraction of sp³-hybridized carbons (Fsp3) is 0.0862. The van der Waals surface area contributed by atoms with E-state index in [1.807, 2.05) is 95.6 Å². The van der Waals surface area contributed by atoms with Gasteiger partial charge in [-0.05, 0) is 119 Å². The zero-order valence-corrected chi connectivity index (χ0v) is 35.7. The van der Waals surface area contributed by atoms with E-state index in [0.717, 1.165) is 72.4 Å². The van der Waals surface area contributed by atoms with E-state index in [0.29, 0.717) is 34.4 Å². The standard InChI is InChI=1S/C58H46N4O2/c1-37-32-56-59-36-51(37)40-22-27-44(28-23-40)63-43-25-20-39(21-26-43)48-17-11-16-47(38-12-6-5-7-13-38)57(48)61-53-19-9-8-18-52(53)60-42-14-10-15-45(34-42)64-46-29-30-49-50-33-41(58(2,3)4)24-31-54(50)62(56)55(49)35-46/h5-36,60-61H,1-4H3/i1D3. The summed E-state index contributed by atoms with van der Waals surface area (Å²) in [6, 6.07) is 62.7. The van der Waals surface area contributed by atoms with Crippen LogP contribution in [0.3, 0.4) is 0 Å². The van der Waals surface area contributed by atoms with Crippen molar-refractivity contribution in [2.24, 2.45) is 0 Å². The molecular weight excluding hydrogens is 785 g/mol. The molecule has 0 spiro atoms. The fourth-order valence-corrected chi connectivity index (χ4v) is 8.67. The first-order valence-electron chi connectivity index (χ1n) is 23.0. The summed E-state index contributed by atoms with van der Waals surface area (Å²) in [6.07, 6.45) is 1.67. The lowest BCUT2D eigenvalue weighted by molar-refractivity contribution is 0.482. The number of rotatable bonds is 1. The Kier molecular flexibility index (Phi) is 8.69. The highest BCUT2D eigenvalue weighted by atomic mass is 16.5. The summed E-state index contributed by atoms with van der Waals surface area (Å²) < 4.78 is 41.3. The molecule has 0 atom stereocenters. The van der Waals surface area contributed by atoms with Crippen LogP contribution in [0.4, 0.5) is 22.7 Å². The van der Waals surface area contributed by atoms with Crippen LogP contribution in [-0.2, 0) is 5.41 Å². The van der Waals surface area contributed by atoms with Gasteiger partial charge >= 0.3 is 0 Å². The molecule has 8 heterocycles. The van der Waals surface area contributed by atoms with Gasteiger partial charge in [0.15, 0.2) is 0 Å². The van der Waals surface area contributed by atoms with Gasteiger partial charge in [0, 0.05) is 55.6 Å². The van der Waals surface area contributed by atoms with E-state index < -0.39 is 6.85 Å². The number of benzene rings is 8. The van der Waals surface area contributed by atoms with Gasteiger partial charge < -0.3 is 20.1 Å². The second kappa shape index (κ2) is 15.7. The monoisotopic (exact) mass is 833 g/mol. The summed E-state index contributed by atoms with van der Waals surface area (Å²) >= 11 is 0. The second-order valence-electron chi connectivity index (χ2n) is 17.3. The first-order valence-corrected chi connectivity index (χ1v) is 21.5. The first-order chi connectivity index (χ1) is 32.4. The van der Waals surface area contributed by atoms with Crippen molar-refractivity contribution in [1.82, 2.24) is 9.55 Å². The molecule has 2 aromatic heterocycles. The Labute approximate surface area is 377 Å². The normalized spacial score (nSPS) is 13.1. The van der Waals surface area contributed by atoms with E-state index in [4.69, 9.17) is 18.6 Å². The lowest BCUT2D eigenvalue weighted by Gasteiger charge is -2.20. The Hall–Kier alpha value is -8.09. The quantitative estimate of drug-likeness (QED) is 0.173. The molecule has 0 aliphatic carbocycles. The van der Waals surface area contributed by atoms with Gasteiger partial charge in [0.25, 0.3) is 0 Å². The molecule has 6 nitrogen and oxygen atoms in total. The van der Waals surface area contributed by atoms with E-state index >= 15 is 0 Å². The van der Waals surface area contributed by atoms with Crippen LogP contribution in [0.2, 0.25) is 0 Å². The van der Waals surface area contributed by atoms with Crippen LogP contribution in [0.5, 0.6) is 23.0 Å². The molecule has 6 aliphatic heterocycles. The van der Waals surface area contributed by atoms with Crippen LogP contribution in [0.15, 0.2) is 194 Å². The van der Waals surface area contributed by atoms with Crippen molar-refractivity contribution >= 4 is 44.6 Å². The molecule has 10 aromatic rings. The van der Waals surface area contributed by atoms with Gasteiger partial charge in [-0.15, -0.1) is 0 Å². The summed E-state index contributed by atoms with van der Waals surface area (Å²) in [5, 5.41) is 9.55. The van der Waals surface area contributed by atoms with Crippen LogP contribution in [0.1, 0.15) is 36.0 Å². The van der Waals surface area contributed by atoms with Gasteiger partial charge in [0.2, 0.25) is 0 Å². The number of nitrogens with zero attached hydrogens (tertiary/aromatic N) is 2. The Morgan fingerprint density at radius 2 is 1.12 bits per heavy atom. The first kappa shape index (κ1) is 35.5. The number of anilines is 4. The minimum Gasteiger partial charge on any atom is -0.457 e. The predicted octanol–water partition coefficient (Wildman–Crippen LogP) is 16.2. The van der Waals surface area contributed by atoms with Gasteiger partial charge in [0.05, 0.1) is 28.1 Å². The molecule has 0 fully saturated rings. The van der Waals surface area contributed by atoms with Crippen LogP contribution in [0.25, 0.3) is 61.0 Å². The smallest absolute Gasteiger partial charge is 0.137 e. The highest BCUT2D eigenvalue weighted by Crippen LogP contribution is 2.43. The van der Waals surface area contributed by atoms with Crippen LogP contribution >= 0.6 is 0 Å². The molecule has 6 heteroatoms. The highest BCUT2D eigenvalue weighted by Gasteiger charge is 2.21. The third kappa shape index (κ3) is 7.29. The number of nitrogens with one attached hydrogen (secondary N) is 2. The second-order valence-corrected chi connectivity index (χ2v) is 17.3. The largest absolute Gasteiger partial charge is 0.457 e. The lowest BCUT2D eigenvalue weighted by atomic mass is 9.86. The maximum Gasteiger partial charge on any atom is 0.137 e. The van der Waals surface area contributed by atoms with Crippen molar-refractivity contribution in [3.63, 3.8) is 0 Å². The van der Waals surface area contributed by atoms with Crippen molar-refractivity contribution in [3.8, 4) is 62.2 Å². The molecule has 0 saturated heterocycles. The molecule has 2 N–H and O–H groups in total. The maximum atomic E-state index is 8.74. The molecule has 16 rings (SSSR count). The molecule has 0 amide bonds. The topological polar surface area (TPSA) is 60.3 Å². The zero-order chi connectivity index (χ0) is 45.9. The number of hydrogen-bond donors (Lipinski definition) is 2. The molecule has 0 unspecified atom stereocenters. The van der Waals surface area contributed by atoms with Crippen molar-refractivity contribution < 1.29 is 13.6 Å². The summed E-state index contributed by atoms with van der Waals surface area (Å²) in [4.78, 5) is 4.99. The van der Waals surface area contributed by atoms with E-state index in [1.165, 1.54) is 5.56 Å². The minimum atomic E-state index is -2.44. The average molecular weight is 834 g/mol. The SMILES string of the molecule is [2H]C([2H])([2H])c1cc2ncc1-c1ccc(cc1)Oc1ccc(cc1)-c1cccc(-c3ccccc3)c1Nc1ccccc1Nc1cccc(c1)Oc1ccc3c4cc(C(C)(C)C)ccc4n-2c3c1. The van der Waals surface area contributed by atoms with Crippen LogP contribution in [0, 0.1) is 6.85 Å². The molecule has 64 heavy (non-hydrogen) atoms. The highest BCUT2D eigenvalue weighted by molar-refractivity contribution is 6.10. The number of fused-ring (bicyclic) bond motifs is 2. The van der Waals surface area contributed by atoms with E-state index in [9.17, 15) is 0 Å². The Morgan fingerprint density at radius 3 is 1.84 bits per heavy atom. The molecule has 6 aliphatic rings. The number of aryl methyl sites for hydroxylation is 1. The van der Waals surface area contributed by atoms with Crippen LogP contribution < -0.4 is 20.1 Å². The maximum absolute atomic E-state index is 8.74. The number of pyridine rings is 1. The summed E-state index contributed by atoms with van der Waals surface area (Å²) in [5.41, 5.74) is 12.1. The summed E-state index contributed by atoms with van der Waals surface area (Å²) in [7, 11) is 0. The van der Waals surface area contributed by atoms with Gasteiger partial charge in [-0.3, -0.25) is 4.57 Å². The summed E-state index contributed by atoms with van der Waals surface area (Å²) in [5.74, 6) is 3.05. The third-order valence-corrected chi connectivity index (χ3v) is 12.0. The van der Waals surface area contributed by atoms with E-state index in [2.05, 4.69) is 122 Å². The number of para-hydroxylation sites is 3. The number of hydrogen-bond acceptors (Lipinski definition) is 5. The Bertz CT molecular complexity index is 3480. The van der Waals surface area contributed by atoms with Crippen LogP contribution in [-0.4, -0.2) is 9.55 Å². The van der Waals surface area contributed by atoms with E-state index in [-0.39, 0.29) is 11.0 Å². The summed E-state index contributed by atoms with van der Waals surface area (Å²) in [6.45, 7) is 4.17.